The van der Waals surface area contributed by atoms with Gasteiger partial charge in [-0.25, -0.2) is 0 Å². The standard InChI is InChI=1S/C10H23B2N/c1-9(2,3)12-8-11(7)13(12)10(4,5)6/h8H2,1-7H3. The summed E-state index contributed by atoms with van der Waals surface area (Å²) in [5.74, 6) is 0. The van der Waals surface area contributed by atoms with Gasteiger partial charge >= 0.3 is 0 Å². The number of nitrogens with zero attached hydrogens (tertiary/aromatic N) is 1. The molecule has 0 radical (unpaired) electrons. The minimum absolute atomic E-state index is 0.329. The first-order valence-corrected chi connectivity index (χ1v) is 5.42. The molecule has 13 heavy (non-hydrogen) atoms. The highest BCUT2D eigenvalue weighted by Gasteiger charge is 2.51. The summed E-state index contributed by atoms with van der Waals surface area (Å²) in [4.78, 5) is 0. The van der Waals surface area contributed by atoms with E-state index in [9.17, 15) is 0 Å². The molecular formula is C10H23B2N. The summed E-state index contributed by atoms with van der Waals surface area (Å²) in [6.07, 6.45) is 1.36. The molecule has 3 heteroatoms. The van der Waals surface area contributed by atoms with Gasteiger partial charge < -0.3 is 4.72 Å². The predicted molar refractivity (Wildman–Crippen MR) is 63.5 cm³/mol. The van der Waals surface area contributed by atoms with Crippen LogP contribution >= 0.6 is 0 Å². The van der Waals surface area contributed by atoms with Gasteiger partial charge in [0.15, 0.2) is 0 Å². The molecule has 0 saturated carbocycles. The molecule has 0 N–H and O–H groups in total. The lowest BCUT2D eigenvalue weighted by molar-refractivity contribution is 0.334. The Morgan fingerprint density at radius 3 is 1.62 bits per heavy atom. The Bertz CT molecular complexity index is 190. The van der Waals surface area contributed by atoms with Crippen molar-refractivity contribution >= 4 is 13.7 Å². The van der Waals surface area contributed by atoms with E-state index >= 15 is 0 Å². The van der Waals surface area contributed by atoms with Crippen LogP contribution in [0.1, 0.15) is 41.5 Å². The molecule has 1 aliphatic rings. The molecule has 0 aromatic heterocycles. The van der Waals surface area contributed by atoms with Crippen LogP contribution in [0.5, 0.6) is 0 Å². The van der Waals surface area contributed by atoms with Gasteiger partial charge in [-0.05, 0) is 31.6 Å². The quantitative estimate of drug-likeness (QED) is 0.516. The van der Waals surface area contributed by atoms with E-state index in [0.29, 0.717) is 10.9 Å². The van der Waals surface area contributed by atoms with Crippen molar-refractivity contribution in [2.45, 2.75) is 65.4 Å². The minimum atomic E-state index is 0.329. The SMILES string of the molecule is CB1CB(C(C)(C)C)N1C(C)(C)C. The smallest absolute Gasteiger partial charge is 0.211 e. The molecule has 0 amide bonds. The summed E-state index contributed by atoms with van der Waals surface area (Å²) in [6, 6.07) is 0. The van der Waals surface area contributed by atoms with Gasteiger partial charge in [-0.15, -0.1) is 0 Å². The normalized spacial score (nSPS) is 20.5. The fourth-order valence-electron chi connectivity index (χ4n) is 2.62. The molecular weight excluding hydrogens is 156 g/mol. The summed E-state index contributed by atoms with van der Waals surface area (Å²) in [5.41, 5.74) is 0.329. The second-order valence-corrected chi connectivity index (χ2v) is 6.54. The Morgan fingerprint density at radius 2 is 1.46 bits per heavy atom. The third-order valence-electron chi connectivity index (χ3n) is 3.15. The fourth-order valence-corrected chi connectivity index (χ4v) is 2.62. The molecule has 0 atom stereocenters. The molecule has 1 rings (SSSR count). The number of rotatable bonds is 0. The van der Waals surface area contributed by atoms with Crippen LogP contribution in [-0.2, 0) is 0 Å². The minimum Gasteiger partial charge on any atom is -0.380 e. The summed E-state index contributed by atoms with van der Waals surface area (Å²) >= 11 is 0. The van der Waals surface area contributed by atoms with Crippen molar-refractivity contribution in [2.75, 3.05) is 0 Å². The van der Waals surface area contributed by atoms with Crippen LogP contribution in [0.3, 0.4) is 0 Å². The molecule has 1 heterocycles. The fraction of sp³-hybridized carbons (Fsp3) is 1.00. The van der Waals surface area contributed by atoms with E-state index in [1.54, 1.807) is 0 Å². The second-order valence-electron chi connectivity index (χ2n) is 6.54. The Balaban J connectivity index is 2.73. The first-order valence-electron chi connectivity index (χ1n) is 5.42. The maximum atomic E-state index is 2.66. The van der Waals surface area contributed by atoms with E-state index in [4.69, 9.17) is 0 Å². The largest absolute Gasteiger partial charge is 0.380 e. The van der Waals surface area contributed by atoms with Crippen LogP contribution < -0.4 is 0 Å². The molecule has 0 aromatic carbocycles. The van der Waals surface area contributed by atoms with Gasteiger partial charge in [-0.1, -0.05) is 33.8 Å². The molecule has 74 valence electrons. The van der Waals surface area contributed by atoms with Crippen molar-refractivity contribution in [2.24, 2.45) is 0 Å². The lowest BCUT2D eigenvalue weighted by Gasteiger charge is -2.56. The van der Waals surface area contributed by atoms with Crippen LogP contribution in [0, 0.1) is 0 Å². The zero-order valence-electron chi connectivity index (χ0n) is 10.3. The molecule has 0 aromatic rings. The van der Waals surface area contributed by atoms with Gasteiger partial charge in [0.25, 0.3) is 0 Å². The zero-order valence-corrected chi connectivity index (χ0v) is 10.3. The predicted octanol–water partition coefficient (Wildman–Crippen LogP) is 3.05. The molecule has 1 nitrogen and oxygen atoms in total. The van der Waals surface area contributed by atoms with Crippen molar-refractivity contribution in [1.82, 2.24) is 4.72 Å². The van der Waals surface area contributed by atoms with E-state index in [1.165, 1.54) is 6.22 Å². The Morgan fingerprint density at radius 1 is 1.00 bits per heavy atom. The van der Waals surface area contributed by atoms with Gasteiger partial charge in [0, 0.05) is 0 Å². The van der Waals surface area contributed by atoms with Crippen LogP contribution in [-0.4, -0.2) is 24.0 Å². The van der Waals surface area contributed by atoms with Crippen LogP contribution in [0.15, 0.2) is 0 Å². The average Bonchev–Trinajstić information content (AvgIpc) is 1.75. The highest BCUT2D eigenvalue weighted by molar-refractivity contribution is 6.91. The first-order chi connectivity index (χ1) is 5.64. The average molecular weight is 179 g/mol. The van der Waals surface area contributed by atoms with Crippen molar-refractivity contribution in [3.8, 4) is 0 Å². The van der Waals surface area contributed by atoms with Crippen LogP contribution in [0.25, 0.3) is 0 Å². The Hall–Kier alpha value is 0.0899. The summed E-state index contributed by atoms with van der Waals surface area (Å²) in [5, 5.41) is 0.430. The summed E-state index contributed by atoms with van der Waals surface area (Å²) in [7, 11) is 0. The molecule has 0 unspecified atom stereocenters. The number of hydrogen-bond acceptors (Lipinski definition) is 1. The Labute approximate surface area is 84.5 Å². The highest BCUT2D eigenvalue weighted by atomic mass is 15.1. The van der Waals surface area contributed by atoms with Crippen molar-refractivity contribution in [3.63, 3.8) is 0 Å². The zero-order chi connectivity index (χ0) is 10.4. The molecule has 1 fully saturated rings. The van der Waals surface area contributed by atoms with Crippen molar-refractivity contribution in [3.05, 3.63) is 0 Å². The lowest BCUT2D eigenvalue weighted by atomic mass is 9.17. The van der Waals surface area contributed by atoms with Gasteiger partial charge in [0.05, 0.1) is 0 Å². The number of hydrogen-bond donors (Lipinski definition) is 0. The van der Waals surface area contributed by atoms with Crippen molar-refractivity contribution in [1.29, 1.82) is 0 Å². The van der Waals surface area contributed by atoms with Crippen LogP contribution in [0.2, 0.25) is 18.4 Å². The van der Waals surface area contributed by atoms with Gasteiger partial charge in [0.1, 0.15) is 0 Å². The second kappa shape index (κ2) is 3.05. The maximum Gasteiger partial charge on any atom is 0.211 e. The molecule has 0 spiro atoms. The topological polar surface area (TPSA) is 3.24 Å². The summed E-state index contributed by atoms with van der Waals surface area (Å²) < 4.78 is 2.66. The lowest BCUT2D eigenvalue weighted by Crippen LogP contribution is -2.70. The van der Waals surface area contributed by atoms with E-state index in [-0.39, 0.29) is 0 Å². The monoisotopic (exact) mass is 179 g/mol. The van der Waals surface area contributed by atoms with E-state index in [1.807, 2.05) is 0 Å². The molecule has 1 saturated heterocycles. The van der Waals surface area contributed by atoms with Gasteiger partial charge in [0.2, 0.25) is 13.7 Å². The molecule has 0 bridgehead atoms. The van der Waals surface area contributed by atoms with E-state index in [2.05, 4.69) is 53.1 Å². The summed E-state index contributed by atoms with van der Waals surface area (Å²) in [6.45, 7) is 17.9. The highest BCUT2D eigenvalue weighted by Crippen LogP contribution is 2.42. The third kappa shape index (κ3) is 2.12. The first kappa shape index (κ1) is 11.2. The van der Waals surface area contributed by atoms with Gasteiger partial charge in [-0.2, -0.15) is 0 Å². The third-order valence-corrected chi connectivity index (χ3v) is 3.15. The molecule has 0 aliphatic carbocycles. The van der Waals surface area contributed by atoms with Crippen molar-refractivity contribution < 1.29 is 0 Å². The van der Waals surface area contributed by atoms with E-state index in [0.717, 1.165) is 13.7 Å². The maximum absolute atomic E-state index is 2.66. The van der Waals surface area contributed by atoms with Crippen LogP contribution in [0.4, 0.5) is 0 Å². The molecule has 1 aliphatic heterocycles. The Kier molecular flexibility index (Phi) is 2.62. The van der Waals surface area contributed by atoms with E-state index < -0.39 is 0 Å². The van der Waals surface area contributed by atoms with Gasteiger partial charge in [-0.3, -0.25) is 0 Å².